The van der Waals surface area contributed by atoms with E-state index in [4.69, 9.17) is 4.74 Å². The Hall–Kier alpha value is -2.56. The molecule has 0 unspecified atom stereocenters. The van der Waals surface area contributed by atoms with Crippen molar-refractivity contribution in [2.45, 2.75) is 36.8 Å². The van der Waals surface area contributed by atoms with Crippen LogP contribution in [0.2, 0.25) is 0 Å². The number of amides is 1. The largest absolute Gasteiger partial charge is 0.496 e. The molecule has 1 aliphatic carbocycles. The number of aryl methyl sites for hydroxylation is 1. The minimum atomic E-state index is -3.87. The normalized spacial score (nSPS) is 19.0. The van der Waals surface area contributed by atoms with Gasteiger partial charge in [0.1, 0.15) is 17.4 Å². The van der Waals surface area contributed by atoms with E-state index in [9.17, 15) is 22.7 Å². The fraction of sp³-hybridized carbons (Fsp3) is 0.333. The predicted molar refractivity (Wildman–Crippen MR) is 99.2 cm³/mol. The van der Waals surface area contributed by atoms with Crippen molar-refractivity contribution in [1.29, 1.82) is 0 Å². The molecule has 0 atom stereocenters. The molecule has 150 valence electrons. The number of benzene rings is 1. The van der Waals surface area contributed by atoms with Gasteiger partial charge in [-0.3, -0.25) is 4.79 Å². The fourth-order valence-corrected chi connectivity index (χ4v) is 4.09. The number of ether oxygens (including phenoxy) is 1. The minimum Gasteiger partial charge on any atom is -0.496 e. The van der Waals surface area contributed by atoms with Gasteiger partial charge in [-0.05, 0) is 50.1 Å². The molecule has 1 amide bonds. The van der Waals surface area contributed by atoms with Crippen LogP contribution in [0.3, 0.4) is 0 Å². The number of sulfonamides is 1. The van der Waals surface area contributed by atoms with Crippen molar-refractivity contribution in [2.75, 3.05) is 12.4 Å². The maximum atomic E-state index is 13.3. The quantitative estimate of drug-likeness (QED) is 0.667. The number of nitrogens with one attached hydrogen (secondary N) is 2. The molecule has 8 nitrogen and oxygen atoms in total. The van der Waals surface area contributed by atoms with Gasteiger partial charge in [-0.15, -0.1) is 0 Å². The van der Waals surface area contributed by atoms with E-state index in [0.29, 0.717) is 12.8 Å². The molecule has 2 aromatic rings. The third-order valence-corrected chi connectivity index (χ3v) is 5.94. The van der Waals surface area contributed by atoms with E-state index in [1.807, 2.05) is 0 Å². The van der Waals surface area contributed by atoms with Crippen LogP contribution in [0.25, 0.3) is 0 Å². The molecule has 1 fully saturated rings. The Morgan fingerprint density at radius 3 is 2.61 bits per heavy atom. The zero-order valence-corrected chi connectivity index (χ0v) is 16.1. The summed E-state index contributed by atoms with van der Waals surface area (Å²) in [6.45, 7) is 1.46. The number of aromatic nitrogens is 1. The molecule has 1 aliphatic rings. The first-order valence-corrected chi connectivity index (χ1v) is 10.0. The molecule has 0 aliphatic heterocycles. The Bertz CT molecular complexity index is 1010. The van der Waals surface area contributed by atoms with Gasteiger partial charge >= 0.3 is 0 Å². The predicted octanol–water partition coefficient (Wildman–Crippen LogP) is 1.59. The lowest BCUT2D eigenvalue weighted by Crippen LogP contribution is -2.46. The zero-order valence-electron chi connectivity index (χ0n) is 15.3. The molecule has 1 aromatic heterocycles. The fourth-order valence-electron chi connectivity index (χ4n) is 2.80. The Labute approximate surface area is 161 Å². The van der Waals surface area contributed by atoms with Gasteiger partial charge in [0.05, 0.1) is 29.4 Å². The number of methoxy groups -OCH3 is 1. The summed E-state index contributed by atoms with van der Waals surface area (Å²) in [6.07, 6.45) is 0.188. The maximum absolute atomic E-state index is 13.3. The second-order valence-electron chi connectivity index (χ2n) is 6.52. The molecule has 0 bridgehead atoms. The van der Waals surface area contributed by atoms with Gasteiger partial charge in [0.15, 0.2) is 0 Å². The summed E-state index contributed by atoms with van der Waals surface area (Å²) in [7, 11) is -2.52. The van der Waals surface area contributed by atoms with Gasteiger partial charge in [0.2, 0.25) is 10.0 Å². The smallest absolute Gasteiger partial charge is 0.260 e. The number of aliphatic hydroxyl groups is 1. The molecule has 0 radical (unpaired) electrons. The first-order chi connectivity index (χ1) is 13.2. The average molecular weight is 409 g/mol. The van der Waals surface area contributed by atoms with E-state index < -0.39 is 27.9 Å². The van der Waals surface area contributed by atoms with Gasteiger partial charge in [0.25, 0.3) is 5.91 Å². The SMILES string of the molecule is COc1ccc(S(=O)(=O)NC2CC(O)C2)cc1C(=O)Nc1ccc(F)c(C)n1. The molecule has 28 heavy (non-hydrogen) atoms. The maximum Gasteiger partial charge on any atom is 0.260 e. The lowest BCUT2D eigenvalue weighted by molar-refractivity contribution is 0.0712. The highest BCUT2D eigenvalue weighted by Crippen LogP contribution is 2.26. The highest BCUT2D eigenvalue weighted by atomic mass is 32.2. The first-order valence-electron chi connectivity index (χ1n) is 8.52. The van der Waals surface area contributed by atoms with Crippen LogP contribution in [0, 0.1) is 12.7 Å². The highest BCUT2D eigenvalue weighted by Gasteiger charge is 2.31. The monoisotopic (exact) mass is 409 g/mol. The lowest BCUT2D eigenvalue weighted by atomic mass is 9.91. The van der Waals surface area contributed by atoms with Gasteiger partial charge in [0, 0.05) is 6.04 Å². The van der Waals surface area contributed by atoms with Crippen LogP contribution < -0.4 is 14.8 Å². The molecule has 3 N–H and O–H groups in total. The third kappa shape index (κ3) is 4.29. The second-order valence-corrected chi connectivity index (χ2v) is 8.24. The van der Waals surface area contributed by atoms with Crippen LogP contribution in [0.4, 0.5) is 10.2 Å². The third-order valence-electron chi connectivity index (χ3n) is 4.42. The summed E-state index contributed by atoms with van der Waals surface area (Å²) in [6, 6.07) is 6.03. The van der Waals surface area contributed by atoms with Crippen LogP contribution in [0.1, 0.15) is 28.9 Å². The number of hydrogen-bond acceptors (Lipinski definition) is 6. The van der Waals surface area contributed by atoms with Crippen LogP contribution in [0.5, 0.6) is 5.75 Å². The molecule has 1 saturated carbocycles. The van der Waals surface area contributed by atoms with Gasteiger partial charge in [-0.25, -0.2) is 22.5 Å². The average Bonchev–Trinajstić information content (AvgIpc) is 2.62. The van der Waals surface area contributed by atoms with E-state index in [-0.39, 0.29) is 33.8 Å². The van der Waals surface area contributed by atoms with Gasteiger partial charge in [-0.2, -0.15) is 0 Å². The van der Waals surface area contributed by atoms with Crippen LogP contribution in [-0.2, 0) is 10.0 Å². The van der Waals surface area contributed by atoms with Crippen LogP contribution in [-0.4, -0.2) is 43.7 Å². The van der Waals surface area contributed by atoms with Crippen molar-refractivity contribution in [2.24, 2.45) is 0 Å². The van der Waals surface area contributed by atoms with Gasteiger partial charge in [-0.1, -0.05) is 0 Å². The molecular weight excluding hydrogens is 389 g/mol. The van der Waals surface area contributed by atoms with Crippen molar-refractivity contribution in [3.05, 3.63) is 47.4 Å². The number of rotatable bonds is 6. The number of carbonyl (C=O) groups excluding carboxylic acids is 1. The van der Waals surface area contributed by atoms with Crippen LogP contribution >= 0.6 is 0 Å². The molecular formula is C18H20FN3O5S. The van der Waals surface area contributed by atoms with Crippen molar-refractivity contribution < 1.29 is 27.4 Å². The number of nitrogens with zero attached hydrogens (tertiary/aromatic N) is 1. The van der Waals surface area contributed by atoms with Gasteiger partial charge < -0.3 is 15.2 Å². The zero-order chi connectivity index (χ0) is 20.5. The van der Waals surface area contributed by atoms with Crippen molar-refractivity contribution in [1.82, 2.24) is 9.71 Å². The number of aliphatic hydroxyl groups excluding tert-OH is 1. The number of hydrogen-bond donors (Lipinski definition) is 3. The number of carbonyl (C=O) groups is 1. The number of anilines is 1. The summed E-state index contributed by atoms with van der Waals surface area (Å²) in [4.78, 5) is 16.4. The van der Waals surface area contributed by atoms with E-state index in [2.05, 4.69) is 15.0 Å². The molecule has 1 aromatic carbocycles. The van der Waals surface area contributed by atoms with Crippen LogP contribution in [0.15, 0.2) is 35.2 Å². The molecule has 1 heterocycles. The highest BCUT2D eigenvalue weighted by molar-refractivity contribution is 7.89. The van der Waals surface area contributed by atoms with Crippen molar-refractivity contribution >= 4 is 21.7 Å². The van der Waals surface area contributed by atoms with Crippen molar-refractivity contribution in [3.63, 3.8) is 0 Å². The summed E-state index contributed by atoms with van der Waals surface area (Å²) in [5, 5.41) is 11.8. The Kier molecular flexibility index (Phi) is 5.64. The molecule has 3 rings (SSSR count). The van der Waals surface area contributed by atoms with E-state index in [0.717, 1.165) is 0 Å². The summed E-state index contributed by atoms with van der Waals surface area (Å²) in [5.74, 6) is -0.850. The summed E-state index contributed by atoms with van der Waals surface area (Å²) < 4.78 is 46.1. The number of halogens is 1. The minimum absolute atomic E-state index is 0.0113. The van der Waals surface area contributed by atoms with E-state index >= 15 is 0 Å². The standard InChI is InChI=1S/C18H20FN3O5S/c1-10-15(19)4-6-17(20-10)21-18(24)14-9-13(3-5-16(14)27-2)28(25,26)22-11-7-12(23)8-11/h3-6,9,11-12,22-23H,7-8H2,1-2H3,(H,20,21,24). The Morgan fingerprint density at radius 1 is 1.29 bits per heavy atom. The first kappa shape index (κ1) is 20.2. The number of pyridine rings is 1. The topological polar surface area (TPSA) is 118 Å². The van der Waals surface area contributed by atoms with E-state index in [1.54, 1.807) is 0 Å². The second kappa shape index (κ2) is 7.82. The molecule has 10 heteroatoms. The molecule has 0 saturated heterocycles. The van der Waals surface area contributed by atoms with Crippen molar-refractivity contribution in [3.8, 4) is 5.75 Å². The summed E-state index contributed by atoms with van der Waals surface area (Å²) >= 11 is 0. The Balaban J connectivity index is 1.85. The lowest BCUT2D eigenvalue weighted by Gasteiger charge is -2.31. The summed E-state index contributed by atoms with van der Waals surface area (Å²) in [5.41, 5.74) is 0.107. The Morgan fingerprint density at radius 2 is 2.00 bits per heavy atom. The molecule has 0 spiro atoms. The van der Waals surface area contributed by atoms with E-state index in [1.165, 1.54) is 44.4 Å².